The average molecular weight is 377 g/mol. The van der Waals surface area contributed by atoms with Crippen LogP contribution in [0.4, 0.5) is 14.7 Å². The van der Waals surface area contributed by atoms with Crippen LogP contribution < -0.4 is 5.32 Å². The van der Waals surface area contributed by atoms with Crippen LogP contribution in [-0.4, -0.2) is 19.5 Å². The molecule has 2 heterocycles. The van der Waals surface area contributed by atoms with E-state index in [0.29, 0.717) is 35.1 Å². The molecular weight excluding hydrogens is 360 g/mol. The summed E-state index contributed by atoms with van der Waals surface area (Å²) >= 11 is 0. The Hall–Kier alpha value is -3.61. The van der Waals surface area contributed by atoms with Gasteiger partial charge in [0, 0.05) is 37.7 Å². The van der Waals surface area contributed by atoms with E-state index in [9.17, 15) is 8.78 Å². The highest BCUT2D eigenvalue weighted by Gasteiger charge is 2.15. The van der Waals surface area contributed by atoms with Crippen LogP contribution in [0.1, 0.15) is 5.56 Å². The summed E-state index contributed by atoms with van der Waals surface area (Å²) in [6.45, 7) is 0.444. The molecule has 0 aliphatic heterocycles. The van der Waals surface area contributed by atoms with Crippen molar-refractivity contribution < 1.29 is 8.78 Å². The second-order valence-electron chi connectivity index (χ2n) is 6.31. The van der Waals surface area contributed by atoms with Gasteiger partial charge < -0.3 is 9.88 Å². The third kappa shape index (κ3) is 3.73. The summed E-state index contributed by atoms with van der Waals surface area (Å²) in [5.41, 5.74) is 2.84. The van der Waals surface area contributed by atoms with Gasteiger partial charge in [-0.3, -0.25) is 0 Å². The number of anilines is 1. The number of halogens is 2. The van der Waals surface area contributed by atoms with Crippen molar-refractivity contribution in [3.63, 3.8) is 0 Å². The Bertz CT molecular complexity index is 1110. The molecule has 0 amide bonds. The molecule has 0 bridgehead atoms. The summed E-state index contributed by atoms with van der Waals surface area (Å²) in [5.74, 6) is 0.437. The zero-order chi connectivity index (χ0) is 19.5. The van der Waals surface area contributed by atoms with E-state index in [1.165, 1.54) is 24.3 Å². The van der Waals surface area contributed by atoms with Crippen LogP contribution in [0, 0.1) is 11.6 Å². The van der Waals surface area contributed by atoms with Gasteiger partial charge in [-0.1, -0.05) is 24.3 Å². The van der Waals surface area contributed by atoms with Crippen molar-refractivity contribution in [2.45, 2.75) is 6.54 Å². The third-order valence-corrected chi connectivity index (χ3v) is 4.32. The van der Waals surface area contributed by atoms with Gasteiger partial charge in [-0.05, 0) is 35.4 Å². The Morgan fingerprint density at radius 3 is 2.54 bits per heavy atom. The molecule has 2 aromatic heterocycles. The maximum Gasteiger partial charge on any atom is 0.223 e. The standard InChI is InChI=1S/C21H17F2N5/c1-28-10-9-24-20(28)19-18(15-3-2-4-17(23)11-15)13-26-21(27-19)25-12-14-5-7-16(22)8-6-14/h2-11,13H,12H2,1H3,(H,25,26,27). The minimum Gasteiger partial charge on any atom is -0.350 e. The van der Waals surface area contributed by atoms with Gasteiger partial charge in [0.05, 0.1) is 0 Å². The molecule has 2 aromatic carbocycles. The summed E-state index contributed by atoms with van der Waals surface area (Å²) in [6.07, 6.45) is 5.15. The minimum absolute atomic E-state index is 0.281. The Balaban J connectivity index is 1.70. The van der Waals surface area contributed by atoms with Crippen LogP contribution in [0.15, 0.2) is 67.1 Å². The van der Waals surface area contributed by atoms with Crippen LogP contribution >= 0.6 is 0 Å². The first-order valence-corrected chi connectivity index (χ1v) is 8.69. The molecule has 0 aliphatic rings. The number of nitrogens with zero attached hydrogens (tertiary/aromatic N) is 4. The lowest BCUT2D eigenvalue weighted by atomic mass is 10.1. The van der Waals surface area contributed by atoms with Gasteiger partial charge >= 0.3 is 0 Å². The highest BCUT2D eigenvalue weighted by molar-refractivity contribution is 5.78. The molecule has 0 aliphatic carbocycles. The molecule has 0 spiro atoms. The largest absolute Gasteiger partial charge is 0.350 e. The number of nitrogens with one attached hydrogen (secondary N) is 1. The van der Waals surface area contributed by atoms with E-state index in [2.05, 4.69) is 20.3 Å². The fourth-order valence-corrected chi connectivity index (χ4v) is 2.88. The van der Waals surface area contributed by atoms with E-state index in [0.717, 1.165) is 5.56 Å². The van der Waals surface area contributed by atoms with Crippen molar-refractivity contribution in [1.82, 2.24) is 19.5 Å². The van der Waals surface area contributed by atoms with Crippen LogP contribution in [0.5, 0.6) is 0 Å². The molecule has 0 atom stereocenters. The smallest absolute Gasteiger partial charge is 0.223 e. The van der Waals surface area contributed by atoms with Gasteiger partial charge in [0.2, 0.25) is 5.95 Å². The lowest BCUT2D eigenvalue weighted by Gasteiger charge is -2.12. The van der Waals surface area contributed by atoms with E-state index >= 15 is 0 Å². The zero-order valence-corrected chi connectivity index (χ0v) is 15.1. The van der Waals surface area contributed by atoms with Crippen LogP contribution in [0.2, 0.25) is 0 Å². The molecule has 4 aromatic rings. The van der Waals surface area contributed by atoms with Gasteiger partial charge in [-0.25, -0.2) is 23.7 Å². The van der Waals surface area contributed by atoms with Crippen molar-refractivity contribution in [3.05, 3.63) is 84.3 Å². The monoisotopic (exact) mass is 377 g/mol. The van der Waals surface area contributed by atoms with Crippen molar-refractivity contribution >= 4 is 5.95 Å². The second-order valence-corrected chi connectivity index (χ2v) is 6.31. The molecule has 28 heavy (non-hydrogen) atoms. The Kier molecular flexibility index (Phi) is 4.80. The molecule has 0 saturated carbocycles. The molecule has 5 nitrogen and oxygen atoms in total. The Morgan fingerprint density at radius 1 is 1.00 bits per heavy atom. The van der Waals surface area contributed by atoms with Crippen molar-refractivity contribution in [2.24, 2.45) is 7.05 Å². The number of benzene rings is 2. The predicted molar refractivity (Wildman–Crippen MR) is 103 cm³/mol. The summed E-state index contributed by atoms with van der Waals surface area (Å²) in [4.78, 5) is 13.3. The molecule has 140 valence electrons. The fourth-order valence-electron chi connectivity index (χ4n) is 2.88. The number of hydrogen-bond acceptors (Lipinski definition) is 4. The van der Waals surface area contributed by atoms with Gasteiger partial charge in [0.1, 0.15) is 17.3 Å². The highest BCUT2D eigenvalue weighted by atomic mass is 19.1. The lowest BCUT2D eigenvalue weighted by molar-refractivity contribution is 0.627. The summed E-state index contributed by atoms with van der Waals surface area (Å²) in [5, 5.41) is 3.14. The molecule has 4 rings (SSSR count). The molecule has 7 heteroatoms. The first-order valence-electron chi connectivity index (χ1n) is 8.69. The molecule has 0 fully saturated rings. The highest BCUT2D eigenvalue weighted by Crippen LogP contribution is 2.30. The first-order chi connectivity index (χ1) is 13.6. The van der Waals surface area contributed by atoms with Crippen molar-refractivity contribution in [2.75, 3.05) is 5.32 Å². The van der Waals surface area contributed by atoms with Crippen molar-refractivity contribution in [1.29, 1.82) is 0 Å². The van der Waals surface area contributed by atoms with E-state index < -0.39 is 0 Å². The van der Waals surface area contributed by atoms with E-state index in [4.69, 9.17) is 0 Å². The number of aromatic nitrogens is 4. The van der Waals surface area contributed by atoms with Crippen LogP contribution in [0.25, 0.3) is 22.6 Å². The Labute approximate surface area is 160 Å². The molecule has 0 unspecified atom stereocenters. The quantitative estimate of drug-likeness (QED) is 0.559. The lowest BCUT2D eigenvalue weighted by Crippen LogP contribution is -2.06. The number of hydrogen-bond donors (Lipinski definition) is 1. The number of rotatable bonds is 5. The first kappa shape index (κ1) is 17.8. The van der Waals surface area contributed by atoms with E-state index in [-0.39, 0.29) is 11.6 Å². The summed E-state index contributed by atoms with van der Waals surface area (Å²) in [7, 11) is 1.87. The van der Waals surface area contributed by atoms with E-state index in [1.54, 1.807) is 36.7 Å². The van der Waals surface area contributed by atoms with Crippen molar-refractivity contribution in [3.8, 4) is 22.6 Å². The topological polar surface area (TPSA) is 55.6 Å². The third-order valence-electron chi connectivity index (χ3n) is 4.32. The van der Waals surface area contributed by atoms with Crippen LogP contribution in [-0.2, 0) is 13.6 Å². The van der Waals surface area contributed by atoms with Gasteiger partial charge in [-0.2, -0.15) is 0 Å². The summed E-state index contributed by atoms with van der Waals surface area (Å²) < 4.78 is 28.6. The van der Waals surface area contributed by atoms with Gasteiger partial charge in [0.15, 0.2) is 5.82 Å². The molecule has 1 N–H and O–H groups in total. The van der Waals surface area contributed by atoms with Crippen LogP contribution in [0.3, 0.4) is 0 Å². The average Bonchev–Trinajstić information content (AvgIpc) is 3.13. The number of aryl methyl sites for hydroxylation is 1. The maximum atomic E-state index is 13.7. The molecule has 0 saturated heterocycles. The Morgan fingerprint density at radius 2 is 1.82 bits per heavy atom. The summed E-state index contributed by atoms with van der Waals surface area (Å²) in [6, 6.07) is 12.5. The molecular formula is C21H17F2N5. The van der Waals surface area contributed by atoms with Gasteiger partial charge in [-0.15, -0.1) is 0 Å². The zero-order valence-electron chi connectivity index (χ0n) is 15.1. The minimum atomic E-state index is -0.332. The molecule has 0 radical (unpaired) electrons. The normalized spacial score (nSPS) is 10.8. The maximum absolute atomic E-state index is 13.7. The SMILES string of the molecule is Cn1ccnc1-c1nc(NCc2ccc(F)cc2)ncc1-c1cccc(F)c1. The second kappa shape index (κ2) is 7.56. The van der Waals surface area contributed by atoms with Gasteiger partial charge in [0.25, 0.3) is 0 Å². The number of imidazole rings is 1. The predicted octanol–water partition coefficient (Wildman–Crippen LogP) is 4.43. The fraction of sp³-hybridized carbons (Fsp3) is 0.0952. The van der Waals surface area contributed by atoms with E-state index in [1.807, 2.05) is 17.8 Å².